The van der Waals surface area contributed by atoms with Gasteiger partial charge >= 0.3 is 0 Å². The Hall–Kier alpha value is -3.73. The maximum absolute atomic E-state index is 13.3. The van der Waals surface area contributed by atoms with Gasteiger partial charge in [-0.2, -0.15) is 0 Å². The van der Waals surface area contributed by atoms with Crippen LogP contribution in [0, 0.1) is 10.1 Å². The number of nitro groups is 1. The van der Waals surface area contributed by atoms with Crippen molar-refractivity contribution in [3.8, 4) is 0 Å². The molecule has 4 rings (SSSR count). The van der Waals surface area contributed by atoms with Crippen LogP contribution in [0.1, 0.15) is 34.3 Å². The van der Waals surface area contributed by atoms with E-state index in [4.69, 9.17) is 0 Å². The number of hydrogen-bond acceptors (Lipinski definition) is 3. The number of para-hydroxylation sites is 1. The van der Waals surface area contributed by atoms with Crippen LogP contribution in [0.4, 0.5) is 0 Å². The summed E-state index contributed by atoms with van der Waals surface area (Å²) in [5.74, 6) is -1.19. The molecule has 0 saturated carbocycles. The first-order valence-electron chi connectivity index (χ1n) is 9.97. The summed E-state index contributed by atoms with van der Waals surface area (Å²) in [5.41, 5.74) is 2.90. The molecule has 150 valence electrons. The normalized spacial score (nSPS) is 13.1. The van der Waals surface area contributed by atoms with Crippen molar-refractivity contribution in [1.29, 1.82) is 0 Å². The van der Waals surface area contributed by atoms with Gasteiger partial charge in [-0.1, -0.05) is 78.9 Å². The van der Waals surface area contributed by atoms with Gasteiger partial charge in [-0.3, -0.25) is 14.9 Å². The van der Waals surface area contributed by atoms with Crippen molar-refractivity contribution in [1.82, 2.24) is 4.57 Å². The Balaban J connectivity index is 1.95. The lowest BCUT2D eigenvalue weighted by molar-refractivity contribution is -0.507. The van der Waals surface area contributed by atoms with Crippen LogP contribution in [0.3, 0.4) is 0 Å². The summed E-state index contributed by atoms with van der Waals surface area (Å²) in [6, 6.07) is 24.2. The molecule has 0 fully saturated rings. The predicted molar refractivity (Wildman–Crippen MR) is 117 cm³/mol. The fourth-order valence-corrected chi connectivity index (χ4v) is 4.12. The zero-order valence-corrected chi connectivity index (χ0v) is 16.6. The molecule has 0 spiro atoms. The van der Waals surface area contributed by atoms with E-state index in [0.717, 1.165) is 28.6 Å². The van der Waals surface area contributed by atoms with E-state index in [0.29, 0.717) is 5.56 Å². The first-order chi connectivity index (χ1) is 14.6. The second kappa shape index (κ2) is 8.33. The highest BCUT2D eigenvalue weighted by atomic mass is 16.6. The topological polar surface area (TPSA) is 65.1 Å². The standard InChI is InChI=1S/C25H22N2O3/c1-2-26-17-21(20-15-9-10-16-22(20)26)23(18-11-5-3-6-12-18)24(27(29)30)25(28)19-13-7-4-8-14-19/h3-17,23-24H,2H2,1H3/t23-,24+/m0/s1. The molecule has 2 atom stereocenters. The average Bonchev–Trinajstić information content (AvgIpc) is 3.16. The number of fused-ring (bicyclic) bond motifs is 1. The number of aryl methyl sites for hydroxylation is 1. The summed E-state index contributed by atoms with van der Waals surface area (Å²) in [6.07, 6.45) is 1.96. The molecule has 5 nitrogen and oxygen atoms in total. The van der Waals surface area contributed by atoms with Crippen LogP contribution in [-0.4, -0.2) is 21.3 Å². The Morgan fingerprint density at radius 2 is 1.53 bits per heavy atom. The Labute approximate surface area is 174 Å². The van der Waals surface area contributed by atoms with Crippen molar-refractivity contribution in [3.63, 3.8) is 0 Å². The van der Waals surface area contributed by atoms with Crippen LogP contribution >= 0.6 is 0 Å². The molecule has 0 radical (unpaired) electrons. The number of benzene rings is 3. The van der Waals surface area contributed by atoms with Crippen molar-refractivity contribution in [2.75, 3.05) is 0 Å². The number of carbonyl (C=O) groups excluding carboxylic acids is 1. The van der Waals surface area contributed by atoms with Crippen LogP contribution < -0.4 is 0 Å². The third kappa shape index (κ3) is 3.50. The summed E-state index contributed by atoms with van der Waals surface area (Å²) in [7, 11) is 0. The predicted octanol–water partition coefficient (Wildman–Crippen LogP) is 5.32. The molecular formula is C25H22N2O3. The molecule has 0 aliphatic rings. The number of rotatable bonds is 7. The van der Waals surface area contributed by atoms with E-state index in [-0.39, 0.29) is 0 Å². The second-order valence-corrected chi connectivity index (χ2v) is 7.24. The number of carbonyl (C=O) groups is 1. The van der Waals surface area contributed by atoms with Gasteiger partial charge in [0.05, 0.1) is 5.92 Å². The molecule has 0 N–H and O–H groups in total. The summed E-state index contributed by atoms with van der Waals surface area (Å²) in [4.78, 5) is 25.2. The summed E-state index contributed by atoms with van der Waals surface area (Å²) in [5, 5.41) is 13.2. The van der Waals surface area contributed by atoms with Gasteiger partial charge < -0.3 is 4.57 Å². The van der Waals surface area contributed by atoms with Gasteiger partial charge in [0.15, 0.2) is 0 Å². The van der Waals surface area contributed by atoms with Crippen molar-refractivity contribution in [2.24, 2.45) is 0 Å². The Bertz CT molecular complexity index is 1180. The molecule has 0 aliphatic heterocycles. The highest BCUT2D eigenvalue weighted by Gasteiger charge is 2.42. The van der Waals surface area contributed by atoms with E-state index in [1.165, 1.54) is 0 Å². The first-order valence-corrected chi connectivity index (χ1v) is 9.97. The number of nitrogens with zero attached hydrogens (tertiary/aromatic N) is 2. The minimum absolute atomic E-state index is 0.347. The highest BCUT2D eigenvalue weighted by molar-refractivity contribution is 6.01. The van der Waals surface area contributed by atoms with E-state index >= 15 is 0 Å². The van der Waals surface area contributed by atoms with Crippen LogP contribution in [0.25, 0.3) is 10.9 Å². The quantitative estimate of drug-likeness (QED) is 0.240. The Kier molecular flexibility index (Phi) is 5.44. The molecule has 3 aromatic carbocycles. The summed E-state index contributed by atoms with van der Waals surface area (Å²) < 4.78 is 2.07. The maximum atomic E-state index is 13.3. The third-order valence-corrected chi connectivity index (χ3v) is 5.52. The molecule has 0 unspecified atom stereocenters. The van der Waals surface area contributed by atoms with E-state index in [2.05, 4.69) is 4.57 Å². The van der Waals surface area contributed by atoms with Gasteiger partial charge in [-0.05, 0) is 24.1 Å². The van der Waals surface area contributed by atoms with Crippen molar-refractivity contribution >= 4 is 16.7 Å². The Morgan fingerprint density at radius 1 is 0.933 bits per heavy atom. The van der Waals surface area contributed by atoms with Crippen molar-refractivity contribution in [3.05, 3.63) is 118 Å². The molecule has 0 aliphatic carbocycles. The van der Waals surface area contributed by atoms with Gasteiger partial charge in [0.1, 0.15) is 0 Å². The van der Waals surface area contributed by atoms with Gasteiger partial charge in [0.2, 0.25) is 5.78 Å². The first kappa shape index (κ1) is 19.6. The largest absolute Gasteiger partial charge is 0.347 e. The smallest absolute Gasteiger partial charge is 0.285 e. The van der Waals surface area contributed by atoms with Crippen LogP contribution in [-0.2, 0) is 6.54 Å². The minimum atomic E-state index is -1.43. The third-order valence-electron chi connectivity index (χ3n) is 5.52. The SMILES string of the molecule is CCn1cc([C@H](c2ccccc2)[C@H](C(=O)c2ccccc2)[N+](=O)[O-])c2ccccc21. The minimum Gasteiger partial charge on any atom is -0.347 e. The monoisotopic (exact) mass is 398 g/mol. The number of ketones is 1. The van der Waals surface area contributed by atoms with Gasteiger partial charge in [0, 0.05) is 34.1 Å². The molecule has 5 heteroatoms. The molecule has 30 heavy (non-hydrogen) atoms. The van der Waals surface area contributed by atoms with E-state index in [1.54, 1.807) is 30.3 Å². The molecule has 4 aromatic rings. The van der Waals surface area contributed by atoms with Crippen LogP contribution in [0.5, 0.6) is 0 Å². The van der Waals surface area contributed by atoms with Crippen LogP contribution in [0.15, 0.2) is 91.1 Å². The second-order valence-electron chi connectivity index (χ2n) is 7.24. The lowest BCUT2D eigenvalue weighted by atomic mass is 9.82. The van der Waals surface area contributed by atoms with E-state index < -0.39 is 22.7 Å². The number of Topliss-reactive ketones (excluding diaryl/α,β-unsaturated/α-hetero) is 1. The number of hydrogen-bond donors (Lipinski definition) is 0. The van der Waals surface area contributed by atoms with Gasteiger partial charge in [0.25, 0.3) is 6.04 Å². The summed E-state index contributed by atoms with van der Waals surface area (Å²) >= 11 is 0. The molecule has 0 saturated heterocycles. The lowest BCUT2D eigenvalue weighted by Crippen LogP contribution is -2.36. The van der Waals surface area contributed by atoms with Crippen molar-refractivity contribution < 1.29 is 9.72 Å². The van der Waals surface area contributed by atoms with E-state index in [1.807, 2.05) is 67.7 Å². The molecule has 1 aromatic heterocycles. The summed E-state index contributed by atoms with van der Waals surface area (Å²) in [6.45, 7) is 2.77. The van der Waals surface area contributed by atoms with Gasteiger partial charge in [-0.15, -0.1) is 0 Å². The fraction of sp³-hybridized carbons (Fsp3) is 0.160. The molecule has 0 amide bonds. The maximum Gasteiger partial charge on any atom is 0.285 e. The zero-order chi connectivity index (χ0) is 21.1. The molecular weight excluding hydrogens is 376 g/mol. The lowest BCUT2D eigenvalue weighted by Gasteiger charge is -2.21. The molecule has 0 bridgehead atoms. The van der Waals surface area contributed by atoms with Crippen molar-refractivity contribution in [2.45, 2.75) is 25.4 Å². The van der Waals surface area contributed by atoms with Crippen LogP contribution in [0.2, 0.25) is 0 Å². The highest BCUT2D eigenvalue weighted by Crippen LogP contribution is 2.37. The average molecular weight is 398 g/mol. The molecule has 1 heterocycles. The van der Waals surface area contributed by atoms with Gasteiger partial charge in [-0.25, -0.2) is 0 Å². The number of aromatic nitrogens is 1. The van der Waals surface area contributed by atoms with E-state index in [9.17, 15) is 14.9 Å². The fourth-order valence-electron chi connectivity index (χ4n) is 4.12. The Morgan fingerprint density at radius 3 is 2.17 bits per heavy atom. The zero-order valence-electron chi connectivity index (χ0n) is 16.6.